The third-order valence-electron chi connectivity index (χ3n) is 10.4. The topological polar surface area (TPSA) is 63.6 Å². The molecule has 0 bridgehead atoms. The summed E-state index contributed by atoms with van der Waals surface area (Å²) >= 11 is 0. The molecule has 0 heterocycles. The van der Waals surface area contributed by atoms with Crippen LogP contribution in [0.2, 0.25) is 0 Å². The molecule has 4 atom stereocenters. The van der Waals surface area contributed by atoms with Gasteiger partial charge in [-0.2, -0.15) is 4.91 Å². The van der Waals surface area contributed by atoms with Gasteiger partial charge < -0.3 is 0 Å². The molecule has 41 heavy (non-hydrogen) atoms. The van der Waals surface area contributed by atoms with Crippen molar-refractivity contribution in [1.29, 1.82) is 0 Å². The van der Waals surface area contributed by atoms with Crippen LogP contribution in [0, 0.1) is 40.4 Å². The van der Waals surface area contributed by atoms with Crippen molar-refractivity contribution in [1.82, 2.24) is 0 Å². The average Bonchev–Trinajstić information content (AvgIpc) is 3.75. The van der Waals surface area contributed by atoms with Gasteiger partial charge in [-0.05, 0) is 111 Å². The van der Waals surface area contributed by atoms with E-state index in [4.69, 9.17) is 0 Å². The molecule has 0 spiro atoms. The first-order chi connectivity index (χ1) is 19.9. The number of ketones is 2. The molecule has 3 aliphatic carbocycles. The molecule has 2 saturated carbocycles. The maximum atomic E-state index is 13.3. The number of aryl methyl sites for hydroxylation is 1. The summed E-state index contributed by atoms with van der Waals surface area (Å²) < 4.78 is 0. The van der Waals surface area contributed by atoms with Crippen molar-refractivity contribution in [2.45, 2.75) is 103 Å². The number of hydrogen-bond acceptors (Lipinski definition) is 4. The van der Waals surface area contributed by atoms with E-state index in [-0.39, 0.29) is 29.3 Å². The van der Waals surface area contributed by atoms with Crippen LogP contribution in [-0.4, -0.2) is 18.1 Å². The molecule has 5 rings (SSSR count). The Hall–Kier alpha value is -2.62. The lowest BCUT2D eigenvalue weighted by atomic mass is 9.76. The summed E-state index contributed by atoms with van der Waals surface area (Å²) in [6, 6.07) is 16.8. The van der Waals surface area contributed by atoms with E-state index in [1.165, 1.54) is 44.1 Å². The number of nitroso groups, excluding NO2 is 1. The van der Waals surface area contributed by atoms with Gasteiger partial charge in [0.1, 0.15) is 0 Å². The number of carbonyl (C=O) groups is 2. The van der Waals surface area contributed by atoms with Crippen LogP contribution in [0.5, 0.6) is 0 Å². The van der Waals surface area contributed by atoms with Crippen LogP contribution in [0.25, 0.3) is 0 Å². The summed E-state index contributed by atoms with van der Waals surface area (Å²) in [6.45, 7) is 4.70. The molecule has 4 nitrogen and oxygen atoms in total. The number of benzene rings is 2. The van der Waals surface area contributed by atoms with Crippen molar-refractivity contribution in [3.05, 3.63) is 75.7 Å². The lowest BCUT2D eigenvalue weighted by molar-refractivity contribution is 0.0889. The standard InChI is InChI=1S/C37H49NO3/c1-25(2)20-27(24-38-41)21-33-23-35(33)37(40)32-18-19-34-31(22-32)17-16-30(36(34)39)11-7-6-8-26-12-14-29(15-13-26)28-9-4-3-5-10-28/h3-5,9-10,18-19,22,25-27,29-30,33,35H,6-8,11-17,20-21,23-24H2,1-2H3/t26?,27-,29?,30?,33?,35?/m1/s1. The highest BCUT2D eigenvalue weighted by Gasteiger charge is 2.44. The normalized spacial score (nSPS) is 26.4. The number of carbonyl (C=O) groups excluding carboxylic acids is 2. The van der Waals surface area contributed by atoms with Gasteiger partial charge in [0.15, 0.2) is 11.6 Å². The predicted molar refractivity (Wildman–Crippen MR) is 166 cm³/mol. The molecule has 220 valence electrons. The van der Waals surface area contributed by atoms with Crippen molar-refractivity contribution < 1.29 is 9.59 Å². The Bertz CT molecular complexity index is 1180. The fourth-order valence-corrected chi connectivity index (χ4v) is 7.97. The maximum absolute atomic E-state index is 13.3. The lowest BCUT2D eigenvalue weighted by Crippen LogP contribution is -2.23. The zero-order valence-corrected chi connectivity index (χ0v) is 25.2. The van der Waals surface area contributed by atoms with Crippen LogP contribution in [0.4, 0.5) is 0 Å². The summed E-state index contributed by atoms with van der Waals surface area (Å²) in [7, 11) is 0. The highest BCUT2D eigenvalue weighted by Crippen LogP contribution is 2.46. The molecule has 3 aliphatic rings. The molecule has 3 unspecified atom stereocenters. The molecule has 2 fully saturated rings. The molecule has 2 aromatic rings. The number of fused-ring (bicyclic) bond motifs is 1. The molecular weight excluding hydrogens is 506 g/mol. The molecule has 2 aromatic carbocycles. The van der Waals surface area contributed by atoms with Crippen LogP contribution < -0.4 is 0 Å². The highest BCUT2D eigenvalue weighted by molar-refractivity contribution is 6.03. The summed E-state index contributed by atoms with van der Waals surface area (Å²) in [4.78, 5) is 37.4. The SMILES string of the molecule is CC(C)C[C@@H](CN=O)CC1CC1C(=O)c1ccc2c(c1)CCC(CCCCC1CCC(c3ccccc3)CC1)C2=O. The van der Waals surface area contributed by atoms with Gasteiger partial charge in [0.05, 0.1) is 6.54 Å². The van der Waals surface area contributed by atoms with E-state index in [9.17, 15) is 14.5 Å². The molecule has 0 saturated heterocycles. The van der Waals surface area contributed by atoms with Gasteiger partial charge in [0.2, 0.25) is 0 Å². The number of unbranched alkanes of at least 4 members (excludes halogenated alkanes) is 1. The molecule has 4 heteroatoms. The molecular formula is C37H49NO3. The lowest BCUT2D eigenvalue weighted by Gasteiger charge is -2.29. The Kier molecular flexibility index (Phi) is 10.2. The second-order valence-corrected chi connectivity index (χ2v) is 13.9. The molecule has 0 radical (unpaired) electrons. The van der Waals surface area contributed by atoms with Gasteiger partial charge in [-0.25, -0.2) is 0 Å². The summed E-state index contributed by atoms with van der Waals surface area (Å²) in [5.41, 5.74) is 4.18. The van der Waals surface area contributed by atoms with Crippen LogP contribution in [0.15, 0.2) is 53.7 Å². The van der Waals surface area contributed by atoms with Crippen LogP contribution in [0.1, 0.15) is 129 Å². The molecule has 0 amide bonds. The minimum atomic E-state index is 0.0646. The van der Waals surface area contributed by atoms with Crippen molar-refractivity contribution in [2.24, 2.45) is 40.7 Å². The largest absolute Gasteiger partial charge is 0.294 e. The monoisotopic (exact) mass is 555 g/mol. The zero-order chi connectivity index (χ0) is 28.8. The van der Waals surface area contributed by atoms with E-state index < -0.39 is 0 Å². The predicted octanol–water partition coefficient (Wildman–Crippen LogP) is 9.60. The van der Waals surface area contributed by atoms with Crippen molar-refractivity contribution in [3.63, 3.8) is 0 Å². The second kappa shape index (κ2) is 14.0. The number of Topliss-reactive ketones (excluding diaryl/α,β-unsaturated/α-hetero) is 2. The Balaban J connectivity index is 1.05. The highest BCUT2D eigenvalue weighted by atomic mass is 16.3. The summed E-state index contributed by atoms with van der Waals surface area (Å²) in [6.07, 6.45) is 14.6. The minimum absolute atomic E-state index is 0.0646. The first kappa shape index (κ1) is 29.9. The molecule has 0 N–H and O–H groups in total. The second-order valence-electron chi connectivity index (χ2n) is 13.9. The van der Waals surface area contributed by atoms with E-state index in [1.807, 2.05) is 18.2 Å². The summed E-state index contributed by atoms with van der Waals surface area (Å²) in [5.74, 6) is 3.47. The van der Waals surface area contributed by atoms with Crippen LogP contribution in [-0.2, 0) is 6.42 Å². The van der Waals surface area contributed by atoms with Crippen molar-refractivity contribution >= 4 is 11.6 Å². The van der Waals surface area contributed by atoms with E-state index >= 15 is 0 Å². The average molecular weight is 556 g/mol. The van der Waals surface area contributed by atoms with Gasteiger partial charge in [-0.1, -0.05) is 80.8 Å². The Morgan fingerprint density at radius 3 is 2.44 bits per heavy atom. The Morgan fingerprint density at radius 1 is 0.951 bits per heavy atom. The van der Waals surface area contributed by atoms with Gasteiger partial charge in [-0.3, -0.25) is 9.59 Å². The Morgan fingerprint density at radius 2 is 1.71 bits per heavy atom. The first-order valence-corrected chi connectivity index (χ1v) is 16.5. The van der Waals surface area contributed by atoms with Gasteiger partial charge in [-0.15, -0.1) is 0 Å². The first-order valence-electron chi connectivity index (χ1n) is 16.5. The van der Waals surface area contributed by atoms with Crippen molar-refractivity contribution in [3.8, 4) is 0 Å². The Labute approximate surface area is 247 Å². The fraction of sp³-hybridized carbons (Fsp3) is 0.622. The van der Waals surface area contributed by atoms with Gasteiger partial charge >= 0.3 is 0 Å². The van der Waals surface area contributed by atoms with Crippen LogP contribution >= 0.6 is 0 Å². The quantitative estimate of drug-likeness (QED) is 0.132. The van der Waals surface area contributed by atoms with E-state index in [1.54, 1.807) is 0 Å². The molecule has 0 aliphatic heterocycles. The maximum Gasteiger partial charge on any atom is 0.166 e. The fourth-order valence-electron chi connectivity index (χ4n) is 7.97. The minimum Gasteiger partial charge on any atom is -0.294 e. The summed E-state index contributed by atoms with van der Waals surface area (Å²) in [5, 5.41) is 3.15. The van der Waals surface area contributed by atoms with Gasteiger partial charge in [0.25, 0.3) is 0 Å². The number of hydrogen-bond donors (Lipinski definition) is 0. The van der Waals surface area contributed by atoms with Gasteiger partial charge in [0, 0.05) is 23.0 Å². The number of nitrogens with zero attached hydrogens (tertiary/aromatic N) is 1. The van der Waals surface area contributed by atoms with E-state index in [0.29, 0.717) is 18.4 Å². The van der Waals surface area contributed by atoms with Crippen LogP contribution in [0.3, 0.4) is 0 Å². The molecule has 0 aromatic heterocycles. The smallest absolute Gasteiger partial charge is 0.166 e. The van der Waals surface area contributed by atoms with E-state index in [2.05, 4.69) is 49.4 Å². The van der Waals surface area contributed by atoms with Crippen molar-refractivity contribution in [2.75, 3.05) is 6.54 Å². The third kappa shape index (κ3) is 7.81. The number of rotatable bonds is 14. The third-order valence-corrected chi connectivity index (χ3v) is 10.4. The van der Waals surface area contributed by atoms with E-state index in [0.717, 1.165) is 73.5 Å². The zero-order valence-electron chi connectivity index (χ0n) is 25.2.